The lowest BCUT2D eigenvalue weighted by atomic mass is 9.81. The number of hydrogen-bond acceptors (Lipinski definition) is 2. The summed E-state index contributed by atoms with van der Waals surface area (Å²) in [6, 6.07) is 0. The second-order valence-electron chi connectivity index (χ2n) is 4.69. The summed E-state index contributed by atoms with van der Waals surface area (Å²) in [6.07, 6.45) is 6.74. The van der Waals surface area contributed by atoms with Crippen LogP contribution in [0.1, 0.15) is 52.4 Å². The molecule has 0 atom stereocenters. The molecule has 2 heteroatoms. The van der Waals surface area contributed by atoms with E-state index in [4.69, 9.17) is 0 Å². The zero-order valence-electron chi connectivity index (χ0n) is 10.3. The van der Waals surface area contributed by atoms with Gasteiger partial charge in [-0.15, -0.1) is 0 Å². The Morgan fingerprint density at radius 1 is 1.13 bits per heavy atom. The van der Waals surface area contributed by atoms with Gasteiger partial charge in [0.15, 0.2) is 0 Å². The smallest absolute Gasteiger partial charge is 0.137 e. The van der Waals surface area contributed by atoms with Crippen molar-refractivity contribution >= 4 is 5.78 Å². The Balaban J connectivity index is 2.16. The first-order valence-electron chi connectivity index (χ1n) is 6.53. The quantitative estimate of drug-likeness (QED) is 0.615. The van der Waals surface area contributed by atoms with E-state index in [0.717, 1.165) is 38.9 Å². The SMILES string of the molecule is CCCN(CCC)CCC(=O)C1CCC1. The Labute approximate surface area is 94.0 Å². The van der Waals surface area contributed by atoms with Gasteiger partial charge in [0, 0.05) is 18.9 Å². The predicted octanol–water partition coefficient (Wildman–Crippen LogP) is 2.87. The van der Waals surface area contributed by atoms with Gasteiger partial charge >= 0.3 is 0 Å². The first-order valence-corrected chi connectivity index (χ1v) is 6.53. The molecular weight excluding hydrogens is 186 g/mol. The number of carbonyl (C=O) groups is 1. The maximum Gasteiger partial charge on any atom is 0.137 e. The Morgan fingerprint density at radius 2 is 1.73 bits per heavy atom. The minimum atomic E-state index is 0.426. The molecule has 0 aromatic heterocycles. The van der Waals surface area contributed by atoms with Crippen molar-refractivity contribution in [2.75, 3.05) is 19.6 Å². The van der Waals surface area contributed by atoms with Crippen molar-refractivity contribution in [1.82, 2.24) is 4.90 Å². The summed E-state index contributed by atoms with van der Waals surface area (Å²) in [5.74, 6) is 0.938. The molecule has 1 aliphatic carbocycles. The standard InChI is InChI=1S/C13H25NO/c1-3-9-14(10-4-2)11-8-13(15)12-6-5-7-12/h12H,3-11H2,1-2H3. The van der Waals surface area contributed by atoms with E-state index in [2.05, 4.69) is 18.7 Å². The molecule has 0 bridgehead atoms. The Hall–Kier alpha value is -0.370. The van der Waals surface area contributed by atoms with Crippen molar-refractivity contribution in [3.8, 4) is 0 Å². The van der Waals surface area contributed by atoms with Gasteiger partial charge in [-0.25, -0.2) is 0 Å². The third kappa shape index (κ3) is 4.33. The van der Waals surface area contributed by atoms with Crippen LogP contribution >= 0.6 is 0 Å². The number of Topliss-reactive ketones (excluding diaryl/α,β-unsaturated/α-hetero) is 1. The second kappa shape index (κ2) is 7.00. The van der Waals surface area contributed by atoms with Crippen LogP contribution in [-0.4, -0.2) is 30.3 Å². The maximum absolute atomic E-state index is 11.7. The van der Waals surface area contributed by atoms with Crippen LogP contribution in [0.25, 0.3) is 0 Å². The van der Waals surface area contributed by atoms with Crippen molar-refractivity contribution in [3.63, 3.8) is 0 Å². The van der Waals surface area contributed by atoms with Crippen LogP contribution in [0.5, 0.6) is 0 Å². The monoisotopic (exact) mass is 211 g/mol. The van der Waals surface area contributed by atoms with Crippen molar-refractivity contribution < 1.29 is 4.79 Å². The Morgan fingerprint density at radius 3 is 2.13 bits per heavy atom. The largest absolute Gasteiger partial charge is 0.303 e. The predicted molar refractivity (Wildman–Crippen MR) is 64.0 cm³/mol. The van der Waals surface area contributed by atoms with E-state index in [1.165, 1.54) is 19.3 Å². The Kier molecular flexibility index (Phi) is 5.92. The molecule has 0 N–H and O–H groups in total. The van der Waals surface area contributed by atoms with Crippen LogP contribution < -0.4 is 0 Å². The van der Waals surface area contributed by atoms with Crippen LogP contribution in [-0.2, 0) is 4.79 Å². The molecule has 1 fully saturated rings. The fraction of sp³-hybridized carbons (Fsp3) is 0.923. The first-order chi connectivity index (χ1) is 7.27. The molecular formula is C13H25NO. The number of hydrogen-bond donors (Lipinski definition) is 0. The van der Waals surface area contributed by atoms with Gasteiger partial charge in [-0.05, 0) is 38.8 Å². The molecule has 0 aromatic carbocycles. The number of ketones is 1. The lowest BCUT2D eigenvalue weighted by Crippen LogP contribution is -2.31. The van der Waals surface area contributed by atoms with Crippen LogP contribution in [0, 0.1) is 5.92 Å². The van der Waals surface area contributed by atoms with Crippen molar-refractivity contribution in [3.05, 3.63) is 0 Å². The van der Waals surface area contributed by atoms with Gasteiger partial charge in [0.25, 0.3) is 0 Å². The van der Waals surface area contributed by atoms with Gasteiger partial charge in [0.2, 0.25) is 0 Å². The summed E-state index contributed by atoms with van der Waals surface area (Å²) >= 11 is 0. The number of nitrogens with zero attached hydrogens (tertiary/aromatic N) is 1. The van der Waals surface area contributed by atoms with Crippen LogP contribution in [0.2, 0.25) is 0 Å². The number of carbonyl (C=O) groups excluding carboxylic acids is 1. The fourth-order valence-electron chi connectivity index (χ4n) is 2.17. The average Bonchev–Trinajstić information content (AvgIpc) is 2.12. The molecule has 0 unspecified atom stereocenters. The zero-order valence-corrected chi connectivity index (χ0v) is 10.3. The molecule has 0 saturated heterocycles. The van der Waals surface area contributed by atoms with Crippen LogP contribution in [0.4, 0.5) is 0 Å². The van der Waals surface area contributed by atoms with Gasteiger partial charge in [-0.1, -0.05) is 20.3 Å². The zero-order chi connectivity index (χ0) is 11.1. The molecule has 0 radical (unpaired) electrons. The van der Waals surface area contributed by atoms with Gasteiger partial charge in [-0.2, -0.15) is 0 Å². The third-order valence-electron chi connectivity index (χ3n) is 3.31. The van der Waals surface area contributed by atoms with E-state index in [9.17, 15) is 4.79 Å². The van der Waals surface area contributed by atoms with Gasteiger partial charge < -0.3 is 4.90 Å². The fourth-order valence-corrected chi connectivity index (χ4v) is 2.17. The highest BCUT2D eigenvalue weighted by molar-refractivity contribution is 5.81. The van der Waals surface area contributed by atoms with E-state index in [-0.39, 0.29) is 0 Å². The topological polar surface area (TPSA) is 20.3 Å². The summed E-state index contributed by atoms with van der Waals surface area (Å²) < 4.78 is 0. The minimum absolute atomic E-state index is 0.426. The molecule has 88 valence electrons. The molecule has 15 heavy (non-hydrogen) atoms. The lowest BCUT2D eigenvalue weighted by molar-refractivity contribution is -0.125. The van der Waals surface area contributed by atoms with Crippen molar-refractivity contribution in [1.29, 1.82) is 0 Å². The molecule has 1 saturated carbocycles. The maximum atomic E-state index is 11.7. The second-order valence-corrected chi connectivity index (χ2v) is 4.69. The molecule has 0 aromatic rings. The number of rotatable bonds is 8. The van der Waals surface area contributed by atoms with Gasteiger partial charge in [-0.3, -0.25) is 4.79 Å². The molecule has 2 nitrogen and oxygen atoms in total. The minimum Gasteiger partial charge on any atom is -0.303 e. The highest BCUT2D eigenvalue weighted by Crippen LogP contribution is 2.28. The third-order valence-corrected chi connectivity index (χ3v) is 3.31. The summed E-state index contributed by atoms with van der Waals surface area (Å²) in [5, 5.41) is 0. The van der Waals surface area contributed by atoms with Crippen LogP contribution in [0.3, 0.4) is 0 Å². The van der Waals surface area contributed by atoms with E-state index >= 15 is 0 Å². The van der Waals surface area contributed by atoms with E-state index in [1.54, 1.807) is 0 Å². The van der Waals surface area contributed by atoms with E-state index < -0.39 is 0 Å². The summed E-state index contributed by atoms with van der Waals surface area (Å²) in [5.41, 5.74) is 0. The average molecular weight is 211 g/mol. The van der Waals surface area contributed by atoms with Crippen molar-refractivity contribution in [2.24, 2.45) is 5.92 Å². The van der Waals surface area contributed by atoms with E-state index in [0.29, 0.717) is 11.7 Å². The Bertz CT molecular complexity index is 181. The molecule has 0 amide bonds. The summed E-state index contributed by atoms with van der Waals surface area (Å²) in [4.78, 5) is 14.1. The first kappa shape index (κ1) is 12.7. The molecule has 1 rings (SSSR count). The molecule has 0 spiro atoms. The van der Waals surface area contributed by atoms with Gasteiger partial charge in [0.05, 0.1) is 0 Å². The summed E-state index contributed by atoms with van der Waals surface area (Å²) in [7, 11) is 0. The molecule has 1 aliphatic rings. The lowest BCUT2D eigenvalue weighted by Gasteiger charge is -2.26. The highest BCUT2D eigenvalue weighted by atomic mass is 16.1. The normalized spacial score (nSPS) is 16.7. The highest BCUT2D eigenvalue weighted by Gasteiger charge is 2.24. The van der Waals surface area contributed by atoms with Crippen LogP contribution in [0.15, 0.2) is 0 Å². The van der Waals surface area contributed by atoms with Gasteiger partial charge in [0.1, 0.15) is 5.78 Å². The summed E-state index contributed by atoms with van der Waals surface area (Å²) in [6.45, 7) is 7.68. The molecule has 0 aliphatic heterocycles. The van der Waals surface area contributed by atoms with Crippen molar-refractivity contribution in [2.45, 2.75) is 52.4 Å². The van der Waals surface area contributed by atoms with E-state index in [1.807, 2.05) is 0 Å². The molecule has 0 heterocycles.